The monoisotopic (exact) mass is 325 g/mol. The number of oxazole rings is 1. The van der Waals surface area contributed by atoms with E-state index in [-0.39, 0.29) is 17.6 Å². The molecule has 3 rings (SSSR count). The molecule has 1 unspecified atom stereocenters. The number of hydrogen-bond acceptors (Lipinski definition) is 5. The molecule has 0 radical (unpaired) electrons. The quantitative estimate of drug-likeness (QED) is 0.611. The van der Waals surface area contributed by atoms with Crippen LogP contribution in [0.4, 0.5) is 0 Å². The summed E-state index contributed by atoms with van der Waals surface area (Å²) in [7, 11) is 0. The summed E-state index contributed by atoms with van der Waals surface area (Å²) in [6.45, 7) is 0.485. The summed E-state index contributed by atoms with van der Waals surface area (Å²) < 4.78 is 5.36. The van der Waals surface area contributed by atoms with Gasteiger partial charge in [0.05, 0.1) is 12.4 Å². The Morgan fingerprint density at radius 2 is 2.17 bits per heavy atom. The van der Waals surface area contributed by atoms with Gasteiger partial charge in [0.15, 0.2) is 5.69 Å². The number of rotatable bonds is 7. The molecule has 7 nitrogen and oxygen atoms in total. The number of aromatic amines is 1. The minimum Gasteiger partial charge on any atom is -0.446 e. The van der Waals surface area contributed by atoms with Gasteiger partial charge >= 0.3 is 0 Å². The Morgan fingerprint density at radius 3 is 2.92 bits per heavy atom. The summed E-state index contributed by atoms with van der Waals surface area (Å²) in [5.41, 5.74) is 8.39. The number of imidazole rings is 1. The first-order chi connectivity index (χ1) is 11.7. The molecule has 2 aromatic heterocycles. The highest BCUT2D eigenvalue weighted by Crippen LogP contribution is 2.15. The molecule has 24 heavy (non-hydrogen) atoms. The summed E-state index contributed by atoms with van der Waals surface area (Å²) in [5, 5.41) is 2.79. The van der Waals surface area contributed by atoms with Crippen molar-refractivity contribution in [2.45, 2.75) is 18.9 Å². The maximum Gasteiger partial charge on any atom is 0.273 e. The van der Waals surface area contributed by atoms with Crippen molar-refractivity contribution in [3.63, 3.8) is 0 Å². The van der Waals surface area contributed by atoms with Crippen LogP contribution in [0.5, 0.6) is 0 Å². The Morgan fingerprint density at radius 1 is 1.33 bits per heavy atom. The van der Waals surface area contributed by atoms with Gasteiger partial charge in [-0.3, -0.25) is 4.79 Å². The van der Waals surface area contributed by atoms with Crippen LogP contribution in [0.25, 0.3) is 0 Å². The normalized spacial score (nSPS) is 12.0. The van der Waals surface area contributed by atoms with Crippen molar-refractivity contribution in [2.75, 3.05) is 6.54 Å². The summed E-state index contributed by atoms with van der Waals surface area (Å²) in [4.78, 5) is 23.2. The first kappa shape index (κ1) is 15.9. The van der Waals surface area contributed by atoms with E-state index < -0.39 is 0 Å². The summed E-state index contributed by atoms with van der Waals surface area (Å²) >= 11 is 0. The standard InChI is InChI=1S/C17H19N5O2/c18-14(8-12-4-2-1-3-5-12)17-22-15(10-24-17)16(23)20-7-6-13-9-19-11-21-13/h1-5,9-11,14H,6-8,18H2,(H,19,21)(H,20,23). The van der Waals surface area contributed by atoms with Gasteiger partial charge in [0, 0.05) is 24.9 Å². The topological polar surface area (TPSA) is 110 Å². The van der Waals surface area contributed by atoms with Crippen molar-refractivity contribution in [1.82, 2.24) is 20.3 Å². The van der Waals surface area contributed by atoms with E-state index in [2.05, 4.69) is 20.3 Å². The van der Waals surface area contributed by atoms with Crippen LogP contribution in [0, 0.1) is 0 Å². The largest absolute Gasteiger partial charge is 0.446 e. The number of nitrogens with two attached hydrogens (primary N) is 1. The average molecular weight is 325 g/mol. The van der Waals surface area contributed by atoms with Crippen LogP contribution < -0.4 is 11.1 Å². The van der Waals surface area contributed by atoms with Gasteiger partial charge in [-0.1, -0.05) is 30.3 Å². The van der Waals surface area contributed by atoms with Gasteiger partial charge in [-0.25, -0.2) is 9.97 Å². The van der Waals surface area contributed by atoms with E-state index in [1.807, 2.05) is 30.3 Å². The van der Waals surface area contributed by atoms with E-state index in [0.29, 0.717) is 25.3 Å². The molecule has 0 saturated carbocycles. The van der Waals surface area contributed by atoms with E-state index >= 15 is 0 Å². The van der Waals surface area contributed by atoms with Crippen molar-refractivity contribution in [1.29, 1.82) is 0 Å². The SMILES string of the molecule is NC(Cc1ccccc1)c1nc(C(=O)NCCc2cnc[nH]2)co1. The molecule has 0 fully saturated rings. The third-order valence-corrected chi connectivity index (χ3v) is 3.60. The van der Waals surface area contributed by atoms with Gasteiger partial charge in [-0.05, 0) is 12.0 Å². The Kier molecular flexibility index (Phi) is 5.02. The van der Waals surface area contributed by atoms with Gasteiger partial charge in [0.2, 0.25) is 5.89 Å². The molecular weight excluding hydrogens is 306 g/mol. The summed E-state index contributed by atoms with van der Waals surface area (Å²) in [5.74, 6) is 0.0778. The highest BCUT2D eigenvalue weighted by molar-refractivity contribution is 5.91. The highest BCUT2D eigenvalue weighted by Gasteiger charge is 2.17. The minimum absolute atomic E-state index is 0.234. The first-order valence-corrected chi connectivity index (χ1v) is 7.73. The Bertz CT molecular complexity index is 767. The predicted octanol–water partition coefficient (Wildman–Crippen LogP) is 1.61. The van der Waals surface area contributed by atoms with Crippen LogP contribution in [-0.4, -0.2) is 27.4 Å². The minimum atomic E-state index is -0.390. The fourth-order valence-electron chi connectivity index (χ4n) is 2.34. The molecule has 1 amide bonds. The Hall–Kier alpha value is -2.93. The summed E-state index contributed by atoms with van der Waals surface area (Å²) in [6, 6.07) is 9.45. The zero-order chi connectivity index (χ0) is 16.8. The summed E-state index contributed by atoms with van der Waals surface area (Å²) in [6.07, 6.45) is 5.94. The van der Waals surface area contributed by atoms with Crippen molar-refractivity contribution in [3.05, 3.63) is 72.0 Å². The fraction of sp³-hybridized carbons (Fsp3) is 0.235. The third-order valence-electron chi connectivity index (χ3n) is 3.60. The molecule has 0 aliphatic heterocycles. The molecule has 3 aromatic rings. The van der Waals surface area contributed by atoms with Crippen molar-refractivity contribution >= 4 is 5.91 Å². The van der Waals surface area contributed by atoms with E-state index in [9.17, 15) is 4.79 Å². The Labute approximate surface area is 139 Å². The van der Waals surface area contributed by atoms with Crippen LogP contribution >= 0.6 is 0 Å². The van der Waals surface area contributed by atoms with Gasteiger partial charge in [-0.15, -0.1) is 0 Å². The molecule has 0 aliphatic rings. The molecule has 1 aromatic carbocycles. The fourth-order valence-corrected chi connectivity index (χ4v) is 2.34. The van der Waals surface area contributed by atoms with Crippen LogP contribution in [0.2, 0.25) is 0 Å². The maximum atomic E-state index is 12.1. The maximum absolute atomic E-state index is 12.1. The van der Waals surface area contributed by atoms with Crippen LogP contribution in [0.1, 0.15) is 33.7 Å². The van der Waals surface area contributed by atoms with Crippen molar-refractivity contribution in [3.8, 4) is 0 Å². The smallest absolute Gasteiger partial charge is 0.273 e. The second-order valence-corrected chi connectivity index (χ2v) is 5.45. The third kappa shape index (κ3) is 4.08. The number of amides is 1. The lowest BCUT2D eigenvalue weighted by Gasteiger charge is -2.07. The zero-order valence-corrected chi connectivity index (χ0v) is 13.1. The van der Waals surface area contributed by atoms with Gasteiger partial charge in [0.25, 0.3) is 5.91 Å². The molecule has 124 valence electrons. The number of H-pyrrole nitrogens is 1. The number of carbonyl (C=O) groups excluding carboxylic acids is 1. The molecule has 1 atom stereocenters. The first-order valence-electron chi connectivity index (χ1n) is 7.73. The molecule has 4 N–H and O–H groups in total. The van der Waals surface area contributed by atoms with Crippen LogP contribution in [0.15, 0.2) is 53.5 Å². The van der Waals surface area contributed by atoms with E-state index in [0.717, 1.165) is 11.3 Å². The molecule has 0 saturated heterocycles. The van der Waals surface area contributed by atoms with Gasteiger partial charge in [0.1, 0.15) is 6.26 Å². The zero-order valence-electron chi connectivity index (χ0n) is 13.1. The number of carbonyl (C=O) groups is 1. The second-order valence-electron chi connectivity index (χ2n) is 5.45. The molecule has 0 aliphatic carbocycles. The number of aromatic nitrogens is 3. The molecular formula is C17H19N5O2. The number of hydrogen-bond donors (Lipinski definition) is 3. The molecule has 7 heteroatoms. The van der Waals surface area contributed by atoms with Crippen LogP contribution in [0.3, 0.4) is 0 Å². The highest BCUT2D eigenvalue weighted by atomic mass is 16.3. The second kappa shape index (κ2) is 7.56. The van der Waals surface area contributed by atoms with Crippen molar-refractivity contribution < 1.29 is 9.21 Å². The van der Waals surface area contributed by atoms with Crippen LogP contribution in [-0.2, 0) is 12.8 Å². The number of nitrogens with one attached hydrogen (secondary N) is 2. The van der Waals surface area contributed by atoms with E-state index in [1.54, 1.807) is 12.5 Å². The number of benzene rings is 1. The number of nitrogens with zero attached hydrogens (tertiary/aromatic N) is 2. The van der Waals surface area contributed by atoms with E-state index in [1.165, 1.54) is 6.26 Å². The lowest BCUT2D eigenvalue weighted by molar-refractivity contribution is 0.0949. The predicted molar refractivity (Wildman–Crippen MR) is 88.2 cm³/mol. The molecule has 0 spiro atoms. The van der Waals surface area contributed by atoms with E-state index in [4.69, 9.17) is 10.2 Å². The lowest BCUT2D eigenvalue weighted by atomic mass is 10.1. The van der Waals surface area contributed by atoms with Crippen molar-refractivity contribution in [2.24, 2.45) is 5.73 Å². The van der Waals surface area contributed by atoms with Gasteiger partial charge < -0.3 is 20.5 Å². The lowest BCUT2D eigenvalue weighted by Crippen LogP contribution is -2.26. The van der Waals surface area contributed by atoms with Gasteiger partial charge in [-0.2, -0.15) is 0 Å². The molecule has 2 heterocycles. The Balaban J connectivity index is 1.53. The molecule has 0 bridgehead atoms. The average Bonchev–Trinajstić information content (AvgIpc) is 3.27.